The van der Waals surface area contributed by atoms with E-state index in [9.17, 15) is 4.79 Å². The van der Waals surface area contributed by atoms with E-state index in [0.29, 0.717) is 18.3 Å². The summed E-state index contributed by atoms with van der Waals surface area (Å²) >= 11 is 0. The molecule has 2 fully saturated rings. The SMILES string of the molecule is Cc1nc([C@@H]2CCN(Cc3ccnn3C)C2)nc2c1CCC(=O)N2CC1CCCCC1. The zero-order valence-corrected chi connectivity index (χ0v) is 18.9. The van der Waals surface area contributed by atoms with Crippen LogP contribution in [0.3, 0.4) is 0 Å². The lowest BCUT2D eigenvalue weighted by atomic mass is 9.88. The highest BCUT2D eigenvalue weighted by molar-refractivity contribution is 5.95. The molecule has 7 nitrogen and oxygen atoms in total. The van der Waals surface area contributed by atoms with E-state index in [1.54, 1.807) is 0 Å². The molecular formula is C24H34N6O. The topological polar surface area (TPSA) is 67.2 Å². The van der Waals surface area contributed by atoms with E-state index >= 15 is 0 Å². The second-order valence-electron chi connectivity index (χ2n) is 9.64. The maximum absolute atomic E-state index is 12.9. The highest BCUT2D eigenvalue weighted by Crippen LogP contribution is 2.34. The summed E-state index contributed by atoms with van der Waals surface area (Å²) in [5.74, 6) is 3.02. The van der Waals surface area contributed by atoms with Crippen molar-refractivity contribution in [2.75, 3.05) is 24.5 Å². The minimum atomic E-state index is 0.242. The molecule has 0 N–H and O–H groups in total. The Bertz CT molecular complexity index is 948. The van der Waals surface area contributed by atoms with Gasteiger partial charge < -0.3 is 0 Å². The van der Waals surface area contributed by atoms with Crippen molar-refractivity contribution in [3.8, 4) is 0 Å². The van der Waals surface area contributed by atoms with Gasteiger partial charge in [0.05, 0.1) is 5.69 Å². The van der Waals surface area contributed by atoms with Gasteiger partial charge in [-0.05, 0) is 51.1 Å². The van der Waals surface area contributed by atoms with Gasteiger partial charge in [-0.1, -0.05) is 19.3 Å². The van der Waals surface area contributed by atoms with Crippen LogP contribution >= 0.6 is 0 Å². The molecule has 1 aliphatic carbocycles. The van der Waals surface area contributed by atoms with Crippen molar-refractivity contribution < 1.29 is 4.79 Å². The number of carbonyl (C=O) groups excluding carboxylic acids is 1. The summed E-state index contributed by atoms with van der Waals surface area (Å²) in [5.41, 5.74) is 3.47. The van der Waals surface area contributed by atoms with E-state index in [4.69, 9.17) is 9.97 Å². The minimum Gasteiger partial charge on any atom is -0.297 e. The van der Waals surface area contributed by atoms with E-state index in [1.807, 2.05) is 22.8 Å². The molecule has 2 aromatic rings. The number of hydrogen-bond acceptors (Lipinski definition) is 5. The van der Waals surface area contributed by atoms with E-state index in [2.05, 4.69) is 23.0 Å². The molecule has 166 valence electrons. The number of hydrogen-bond donors (Lipinski definition) is 0. The predicted octanol–water partition coefficient (Wildman–Crippen LogP) is 3.37. The van der Waals surface area contributed by atoms with Crippen molar-refractivity contribution in [2.24, 2.45) is 13.0 Å². The lowest BCUT2D eigenvalue weighted by Gasteiger charge is -2.33. The lowest BCUT2D eigenvalue weighted by Crippen LogP contribution is -2.40. The third-order valence-electron chi connectivity index (χ3n) is 7.47. The van der Waals surface area contributed by atoms with Crippen molar-refractivity contribution in [2.45, 2.75) is 70.8 Å². The second kappa shape index (κ2) is 8.69. The molecule has 1 saturated heterocycles. The summed E-state index contributed by atoms with van der Waals surface area (Å²) in [7, 11) is 2.00. The van der Waals surface area contributed by atoms with Crippen LogP contribution in [0.5, 0.6) is 0 Å². The predicted molar refractivity (Wildman–Crippen MR) is 120 cm³/mol. The molecule has 0 unspecified atom stereocenters. The van der Waals surface area contributed by atoms with Gasteiger partial charge in [0.2, 0.25) is 5.91 Å². The fraction of sp³-hybridized carbons (Fsp3) is 0.667. The average Bonchev–Trinajstić information content (AvgIpc) is 3.40. The van der Waals surface area contributed by atoms with Crippen LogP contribution in [0.4, 0.5) is 5.82 Å². The first-order valence-corrected chi connectivity index (χ1v) is 12.0. The van der Waals surface area contributed by atoms with Gasteiger partial charge in [-0.2, -0.15) is 5.10 Å². The summed E-state index contributed by atoms with van der Waals surface area (Å²) in [6, 6.07) is 2.08. The van der Waals surface area contributed by atoms with Crippen LogP contribution < -0.4 is 4.90 Å². The Kier molecular flexibility index (Phi) is 5.78. The van der Waals surface area contributed by atoms with Gasteiger partial charge in [0.1, 0.15) is 11.6 Å². The number of anilines is 1. The molecule has 0 bridgehead atoms. The van der Waals surface area contributed by atoms with E-state index in [1.165, 1.54) is 43.4 Å². The number of fused-ring (bicyclic) bond motifs is 1. The Morgan fingerprint density at radius 2 is 1.94 bits per heavy atom. The fourth-order valence-corrected chi connectivity index (χ4v) is 5.57. The van der Waals surface area contributed by atoms with E-state index in [-0.39, 0.29) is 5.91 Å². The number of aryl methyl sites for hydroxylation is 2. The Balaban J connectivity index is 1.35. The molecule has 7 heteroatoms. The Morgan fingerprint density at radius 1 is 1.10 bits per heavy atom. The van der Waals surface area contributed by atoms with E-state index < -0.39 is 0 Å². The van der Waals surface area contributed by atoms with Crippen LogP contribution in [0.1, 0.15) is 73.6 Å². The van der Waals surface area contributed by atoms with Crippen LogP contribution in [0.15, 0.2) is 12.3 Å². The monoisotopic (exact) mass is 422 g/mol. The second-order valence-corrected chi connectivity index (χ2v) is 9.64. The van der Waals surface area contributed by atoms with Gasteiger partial charge in [-0.25, -0.2) is 9.97 Å². The van der Waals surface area contributed by atoms with Crippen LogP contribution in [0.25, 0.3) is 0 Å². The summed E-state index contributed by atoms with van der Waals surface area (Å²) in [5, 5.41) is 4.29. The van der Waals surface area contributed by atoms with Crippen molar-refractivity contribution in [3.63, 3.8) is 0 Å². The first kappa shape index (κ1) is 20.6. The number of amides is 1. The molecule has 4 heterocycles. The molecule has 2 aliphatic heterocycles. The molecule has 3 aliphatic rings. The number of carbonyl (C=O) groups is 1. The maximum atomic E-state index is 12.9. The smallest absolute Gasteiger partial charge is 0.228 e. The normalized spacial score (nSPS) is 22.8. The Labute approximate surface area is 184 Å². The average molecular weight is 423 g/mol. The maximum Gasteiger partial charge on any atom is 0.228 e. The lowest BCUT2D eigenvalue weighted by molar-refractivity contribution is -0.119. The molecule has 31 heavy (non-hydrogen) atoms. The largest absolute Gasteiger partial charge is 0.297 e. The van der Waals surface area contributed by atoms with Crippen LogP contribution in [-0.2, 0) is 24.8 Å². The zero-order valence-electron chi connectivity index (χ0n) is 18.9. The third-order valence-corrected chi connectivity index (χ3v) is 7.47. The molecule has 5 rings (SSSR count). The first-order chi connectivity index (χ1) is 15.1. The molecule has 0 aromatic carbocycles. The van der Waals surface area contributed by atoms with Crippen molar-refractivity contribution in [3.05, 3.63) is 35.0 Å². The molecule has 1 atom stereocenters. The van der Waals surface area contributed by atoms with Crippen molar-refractivity contribution in [1.29, 1.82) is 0 Å². The molecule has 0 spiro atoms. The van der Waals surface area contributed by atoms with Gasteiger partial charge in [0.15, 0.2) is 0 Å². The summed E-state index contributed by atoms with van der Waals surface area (Å²) in [4.78, 5) is 27.3. The van der Waals surface area contributed by atoms with Crippen molar-refractivity contribution >= 4 is 11.7 Å². The van der Waals surface area contributed by atoms with Gasteiger partial charge in [0.25, 0.3) is 0 Å². The zero-order chi connectivity index (χ0) is 21.4. The molecule has 2 aromatic heterocycles. The molecule has 0 radical (unpaired) electrons. The van der Waals surface area contributed by atoms with Crippen LogP contribution in [0, 0.1) is 12.8 Å². The molecular weight excluding hydrogens is 388 g/mol. The highest BCUT2D eigenvalue weighted by Gasteiger charge is 2.33. The quantitative estimate of drug-likeness (QED) is 0.739. The standard InChI is InChI=1S/C24H34N6O/c1-17-21-8-9-22(31)30(14-18-6-4-3-5-7-18)24(21)27-23(26-17)19-11-13-29(15-19)16-20-10-12-25-28(20)2/h10,12,18-19H,3-9,11,13-16H2,1-2H3/t19-/m1/s1. The number of rotatable bonds is 5. The van der Waals surface area contributed by atoms with Gasteiger partial charge >= 0.3 is 0 Å². The molecule has 1 amide bonds. The van der Waals surface area contributed by atoms with Gasteiger partial charge in [-0.15, -0.1) is 0 Å². The minimum absolute atomic E-state index is 0.242. The highest BCUT2D eigenvalue weighted by atomic mass is 16.2. The van der Waals surface area contributed by atoms with Crippen molar-refractivity contribution in [1.82, 2.24) is 24.6 Å². The third kappa shape index (κ3) is 4.25. The Morgan fingerprint density at radius 3 is 2.71 bits per heavy atom. The summed E-state index contributed by atoms with van der Waals surface area (Å²) < 4.78 is 1.95. The van der Waals surface area contributed by atoms with Gasteiger partial charge in [-0.3, -0.25) is 19.3 Å². The Hall–Kier alpha value is -2.28. The summed E-state index contributed by atoms with van der Waals surface area (Å²) in [6.45, 7) is 5.84. The van der Waals surface area contributed by atoms with Crippen LogP contribution in [-0.4, -0.2) is 50.2 Å². The number of aromatic nitrogens is 4. The van der Waals surface area contributed by atoms with E-state index in [0.717, 1.165) is 56.4 Å². The first-order valence-electron chi connectivity index (χ1n) is 12.0. The molecule has 1 saturated carbocycles. The van der Waals surface area contributed by atoms with Gasteiger partial charge in [0, 0.05) is 56.5 Å². The number of likely N-dealkylation sites (tertiary alicyclic amines) is 1. The van der Waals surface area contributed by atoms with Crippen LogP contribution in [0.2, 0.25) is 0 Å². The fourth-order valence-electron chi connectivity index (χ4n) is 5.57. The number of nitrogens with zero attached hydrogens (tertiary/aromatic N) is 6. The summed E-state index contributed by atoms with van der Waals surface area (Å²) in [6.07, 6.45) is 10.7.